The van der Waals surface area contributed by atoms with Gasteiger partial charge < -0.3 is 19.9 Å². The number of nitriles is 1. The zero-order chi connectivity index (χ0) is 26.1. The molecule has 0 unspecified atom stereocenters. The number of hydrogen-bond donors (Lipinski definition) is 2. The highest BCUT2D eigenvalue weighted by molar-refractivity contribution is 6.05. The topological polar surface area (TPSA) is 79.1 Å². The molecule has 38 heavy (non-hydrogen) atoms. The number of urea groups is 1. The second-order valence-electron chi connectivity index (χ2n) is 10.3. The third kappa shape index (κ3) is 4.50. The van der Waals surface area contributed by atoms with Crippen LogP contribution in [0.2, 0.25) is 0 Å². The Morgan fingerprint density at radius 1 is 0.974 bits per heavy atom. The third-order valence-electron chi connectivity index (χ3n) is 7.89. The molecule has 6 nitrogen and oxygen atoms in total. The molecule has 0 spiro atoms. The van der Waals surface area contributed by atoms with Gasteiger partial charge in [-0.1, -0.05) is 24.3 Å². The normalized spacial score (nSPS) is 15.4. The minimum atomic E-state index is -0.146. The molecule has 0 bridgehead atoms. The first kappa shape index (κ1) is 24.1. The number of nitrogens with one attached hydrogen (secondary N) is 2. The minimum Gasteiger partial charge on any atom is -0.494 e. The molecule has 6 rings (SSSR count). The van der Waals surface area contributed by atoms with Crippen molar-refractivity contribution in [3.8, 4) is 34.2 Å². The number of carbonyl (C=O) groups excluding carboxylic acids is 1. The van der Waals surface area contributed by atoms with Gasteiger partial charge in [-0.05, 0) is 93.0 Å². The summed E-state index contributed by atoms with van der Waals surface area (Å²) in [5.74, 6) is 0.869. The van der Waals surface area contributed by atoms with Gasteiger partial charge in [0.15, 0.2) is 0 Å². The highest BCUT2D eigenvalue weighted by Crippen LogP contribution is 2.47. The van der Waals surface area contributed by atoms with Crippen molar-refractivity contribution in [1.82, 2.24) is 9.88 Å². The summed E-state index contributed by atoms with van der Waals surface area (Å²) in [6, 6.07) is 25.2. The molecule has 0 atom stereocenters. The molecule has 192 valence electrons. The quantitative estimate of drug-likeness (QED) is 0.271. The summed E-state index contributed by atoms with van der Waals surface area (Å²) < 4.78 is 8.37. The second-order valence-corrected chi connectivity index (χ2v) is 10.3. The van der Waals surface area contributed by atoms with Gasteiger partial charge in [-0.3, -0.25) is 0 Å². The monoisotopic (exact) mass is 504 g/mol. The Kier molecular flexibility index (Phi) is 6.51. The summed E-state index contributed by atoms with van der Waals surface area (Å²) in [4.78, 5) is 12.4. The van der Waals surface area contributed by atoms with E-state index in [1.807, 2.05) is 49.4 Å². The zero-order valence-corrected chi connectivity index (χ0v) is 21.7. The highest BCUT2D eigenvalue weighted by atomic mass is 16.5. The van der Waals surface area contributed by atoms with E-state index in [0.717, 1.165) is 65.0 Å². The lowest BCUT2D eigenvalue weighted by atomic mass is 9.91. The fourth-order valence-corrected chi connectivity index (χ4v) is 5.47. The van der Waals surface area contributed by atoms with Crippen LogP contribution in [0.1, 0.15) is 57.1 Å². The fraction of sp³-hybridized carbons (Fsp3) is 0.312. The van der Waals surface area contributed by atoms with Crippen LogP contribution in [-0.2, 0) is 0 Å². The van der Waals surface area contributed by atoms with E-state index in [1.165, 1.54) is 18.2 Å². The van der Waals surface area contributed by atoms with Crippen molar-refractivity contribution in [3.05, 3.63) is 72.3 Å². The van der Waals surface area contributed by atoms with Gasteiger partial charge in [0, 0.05) is 34.8 Å². The number of carbonyl (C=O) groups is 1. The lowest BCUT2D eigenvalue weighted by molar-refractivity contribution is 0.240. The minimum absolute atomic E-state index is 0.146. The number of benzene rings is 3. The van der Waals surface area contributed by atoms with Crippen LogP contribution in [0.3, 0.4) is 0 Å². The van der Waals surface area contributed by atoms with E-state index in [9.17, 15) is 10.1 Å². The molecule has 4 aromatic rings. The molecule has 2 N–H and O–H groups in total. The van der Waals surface area contributed by atoms with Crippen LogP contribution in [-0.4, -0.2) is 23.2 Å². The van der Waals surface area contributed by atoms with Crippen molar-refractivity contribution >= 4 is 22.6 Å². The van der Waals surface area contributed by atoms with Crippen molar-refractivity contribution < 1.29 is 9.53 Å². The van der Waals surface area contributed by atoms with Crippen molar-refractivity contribution in [1.29, 1.82) is 5.26 Å². The Bertz CT molecular complexity index is 1500. The van der Waals surface area contributed by atoms with Crippen LogP contribution in [0.4, 0.5) is 10.5 Å². The molecule has 1 aromatic heterocycles. The maximum absolute atomic E-state index is 12.4. The largest absolute Gasteiger partial charge is 0.494 e. The summed E-state index contributed by atoms with van der Waals surface area (Å²) >= 11 is 0. The van der Waals surface area contributed by atoms with E-state index >= 15 is 0 Å². The predicted octanol–water partition coefficient (Wildman–Crippen LogP) is 7.64. The standard InChI is InChI=1S/C32H32N4O2/c1-2-38-27-17-18-28-29(19-27)36(26-7-4-8-26)31(30(28)22-11-9-21(20-33)10-12-22)23-13-15-25(16-14-23)35-32(37)34-24-5-3-6-24/h9-19,24,26H,2-8H2,1H3,(H2,34,35,37). The maximum Gasteiger partial charge on any atom is 0.319 e. The predicted molar refractivity (Wildman–Crippen MR) is 151 cm³/mol. The average molecular weight is 505 g/mol. The number of hydrogen-bond acceptors (Lipinski definition) is 3. The van der Waals surface area contributed by atoms with Crippen LogP contribution in [0, 0.1) is 11.3 Å². The van der Waals surface area contributed by atoms with Gasteiger partial charge in [0.1, 0.15) is 5.75 Å². The van der Waals surface area contributed by atoms with Gasteiger partial charge in [0.2, 0.25) is 0 Å². The molecular weight excluding hydrogens is 472 g/mol. The molecule has 1 heterocycles. The van der Waals surface area contributed by atoms with Crippen molar-refractivity contribution in [3.63, 3.8) is 0 Å². The fourth-order valence-electron chi connectivity index (χ4n) is 5.47. The highest BCUT2D eigenvalue weighted by Gasteiger charge is 2.28. The van der Waals surface area contributed by atoms with Crippen molar-refractivity contribution in [2.45, 2.75) is 57.5 Å². The Balaban J connectivity index is 1.46. The SMILES string of the molecule is CCOc1ccc2c(-c3ccc(C#N)cc3)c(-c3ccc(NC(=O)NC4CCC4)cc3)n(C3CCC3)c2c1. The van der Waals surface area contributed by atoms with Gasteiger partial charge in [0.05, 0.1) is 29.5 Å². The van der Waals surface area contributed by atoms with Gasteiger partial charge in [-0.25, -0.2) is 4.79 Å². The first-order valence-corrected chi connectivity index (χ1v) is 13.6. The molecule has 0 aliphatic heterocycles. The van der Waals surface area contributed by atoms with Gasteiger partial charge in [0.25, 0.3) is 0 Å². The second kappa shape index (κ2) is 10.3. The number of amides is 2. The summed E-state index contributed by atoms with van der Waals surface area (Å²) in [7, 11) is 0. The Morgan fingerprint density at radius 3 is 2.29 bits per heavy atom. The number of aromatic nitrogens is 1. The van der Waals surface area contributed by atoms with E-state index in [0.29, 0.717) is 24.3 Å². The lowest BCUT2D eigenvalue weighted by Gasteiger charge is -2.30. The average Bonchev–Trinajstić information content (AvgIpc) is 3.20. The summed E-state index contributed by atoms with van der Waals surface area (Å²) in [6.45, 7) is 2.62. The number of rotatable bonds is 7. The molecule has 2 amide bonds. The molecule has 2 saturated carbocycles. The molecule has 2 aliphatic rings. The molecule has 3 aromatic carbocycles. The van der Waals surface area contributed by atoms with E-state index in [4.69, 9.17) is 4.74 Å². The Morgan fingerprint density at radius 2 is 1.68 bits per heavy atom. The molecule has 2 aliphatic carbocycles. The lowest BCUT2D eigenvalue weighted by Crippen LogP contribution is -2.41. The molecule has 0 saturated heterocycles. The number of anilines is 1. The first-order chi connectivity index (χ1) is 18.6. The smallest absolute Gasteiger partial charge is 0.319 e. The van der Waals surface area contributed by atoms with Gasteiger partial charge in [-0.2, -0.15) is 5.26 Å². The summed E-state index contributed by atoms with van der Waals surface area (Å²) in [5, 5.41) is 16.5. The maximum atomic E-state index is 12.4. The molecular formula is C32H32N4O2. The molecule has 2 fully saturated rings. The van der Waals surface area contributed by atoms with Gasteiger partial charge in [-0.15, -0.1) is 0 Å². The zero-order valence-electron chi connectivity index (χ0n) is 21.7. The number of ether oxygens (including phenoxy) is 1. The van der Waals surface area contributed by atoms with Crippen LogP contribution in [0.15, 0.2) is 66.7 Å². The Hall–Kier alpha value is -4.24. The van der Waals surface area contributed by atoms with E-state index in [1.54, 1.807) is 0 Å². The summed E-state index contributed by atoms with van der Waals surface area (Å²) in [6.07, 6.45) is 6.80. The molecule has 6 heteroatoms. The van der Waals surface area contributed by atoms with Crippen molar-refractivity contribution in [2.75, 3.05) is 11.9 Å². The summed E-state index contributed by atoms with van der Waals surface area (Å²) in [5.41, 5.74) is 7.07. The van der Waals surface area contributed by atoms with E-state index in [-0.39, 0.29) is 6.03 Å². The number of nitrogens with zero attached hydrogens (tertiary/aromatic N) is 2. The van der Waals surface area contributed by atoms with E-state index < -0.39 is 0 Å². The first-order valence-electron chi connectivity index (χ1n) is 13.6. The molecule has 0 radical (unpaired) electrons. The van der Waals surface area contributed by atoms with Crippen LogP contribution in [0.25, 0.3) is 33.3 Å². The Labute approximate surface area is 223 Å². The van der Waals surface area contributed by atoms with Crippen LogP contribution >= 0.6 is 0 Å². The van der Waals surface area contributed by atoms with Crippen LogP contribution < -0.4 is 15.4 Å². The number of fused-ring (bicyclic) bond motifs is 1. The third-order valence-corrected chi connectivity index (χ3v) is 7.89. The van der Waals surface area contributed by atoms with Crippen molar-refractivity contribution in [2.24, 2.45) is 0 Å². The van der Waals surface area contributed by atoms with Gasteiger partial charge >= 0.3 is 6.03 Å². The van der Waals surface area contributed by atoms with E-state index in [2.05, 4.69) is 45.5 Å². The van der Waals surface area contributed by atoms with Crippen LogP contribution in [0.5, 0.6) is 5.75 Å².